The Bertz CT molecular complexity index is 1170. The molecule has 1 aliphatic carbocycles. The number of hydrogen-bond acceptors (Lipinski definition) is 7. The van der Waals surface area contributed by atoms with Crippen LogP contribution in [0.5, 0.6) is 23.0 Å². The topological polar surface area (TPSA) is 91.3 Å². The number of rotatable bonds is 12. The van der Waals surface area contributed by atoms with Crippen molar-refractivity contribution in [2.45, 2.75) is 19.3 Å². The van der Waals surface area contributed by atoms with Crippen LogP contribution in [0.3, 0.4) is 0 Å². The van der Waals surface area contributed by atoms with Gasteiger partial charge in [0, 0.05) is 17.9 Å². The van der Waals surface area contributed by atoms with Gasteiger partial charge in [-0.2, -0.15) is 0 Å². The summed E-state index contributed by atoms with van der Waals surface area (Å²) in [7, 11) is 6.16. The van der Waals surface area contributed by atoms with E-state index < -0.39 is 5.78 Å². The summed E-state index contributed by atoms with van der Waals surface area (Å²) in [6, 6.07) is 10.5. The molecule has 0 saturated heterocycles. The van der Waals surface area contributed by atoms with Crippen molar-refractivity contribution in [2.24, 2.45) is 5.92 Å². The first-order valence-electron chi connectivity index (χ1n) is 11.2. The molecule has 1 saturated carbocycles. The van der Waals surface area contributed by atoms with Gasteiger partial charge in [0.1, 0.15) is 11.5 Å². The normalized spacial score (nSPS) is 14.1. The second-order valence-electron chi connectivity index (χ2n) is 8.04. The Morgan fingerprint density at radius 1 is 0.800 bits per heavy atom. The Kier molecular flexibility index (Phi) is 8.73. The standard InChI is InChI=1S/C28H30O7/c1-32-25-13-7-18(15-27(25)34-3)5-11-22(29)21(17-24(31)20-9-10-20)23(30)12-6-19-8-14-26(33-2)28(16-19)35-4/h5-8,11-16,20,29H,9-10,17H2,1-4H3/b11-5+,12-6+,22-21?. The lowest BCUT2D eigenvalue weighted by molar-refractivity contribution is -0.121. The van der Waals surface area contributed by atoms with E-state index in [0.717, 1.165) is 18.4 Å². The van der Waals surface area contributed by atoms with Crippen molar-refractivity contribution in [1.82, 2.24) is 0 Å². The molecule has 0 unspecified atom stereocenters. The first kappa shape index (κ1) is 25.6. The van der Waals surface area contributed by atoms with Crippen LogP contribution in [0.4, 0.5) is 0 Å². The molecule has 184 valence electrons. The quantitative estimate of drug-likeness (QED) is 0.255. The minimum Gasteiger partial charge on any atom is -0.508 e. The summed E-state index contributed by atoms with van der Waals surface area (Å²) in [5.74, 6) is 1.45. The molecule has 0 atom stereocenters. The van der Waals surface area contributed by atoms with Gasteiger partial charge in [-0.25, -0.2) is 0 Å². The summed E-state index contributed by atoms with van der Waals surface area (Å²) >= 11 is 0. The van der Waals surface area contributed by atoms with E-state index in [1.165, 1.54) is 26.4 Å². The molecule has 0 spiro atoms. The molecule has 1 fully saturated rings. The van der Waals surface area contributed by atoms with Crippen LogP contribution < -0.4 is 18.9 Å². The molecule has 0 radical (unpaired) electrons. The van der Waals surface area contributed by atoms with Crippen LogP contribution in [0.1, 0.15) is 30.4 Å². The lowest BCUT2D eigenvalue weighted by Gasteiger charge is -2.08. The first-order valence-corrected chi connectivity index (χ1v) is 11.2. The fraction of sp³-hybridized carbons (Fsp3) is 0.286. The van der Waals surface area contributed by atoms with Gasteiger partial charge in [0.15, 0.2) is 28.8 Å². The summed E-state index contributed by atoms with van der Waals surface area (Å²) in [5, 5.41) is 10.8. The molecular weight excluding hydrogens is 448 g/mol. The summed E-state index contributed by atoms with van der Waals surface area (Å²) < 4.78 is 21.1. The zero-order valence-electron chi connectivity index (χ0n) is 20.4. The van der Waals surface area contributed by atoms with E-state index >= 15 is 0 Å². The highest BCUT2D eigenvalue weighted by Gasteiger charge is 2.31. The maximum Gasteiger partial charge on any atom is 0.185 e. The number of aliphatic hydroxyl groups excluding tert-OH is 1. The summed E-state index contributed by atoms with van der Waals surface area (Å²) in [5.41, 5.74) is 1.50. The molecule has 7 nitrogen and oxygen atoms in total. The van der Waals surface area contributed by atoms with Crippen molar-refractivity contribution >= 4 is 23.7 Å². The average molecular weight is 479 g/mol. The monoisotopic (exact) mass is 478 g/mol. The van der Waals surface area contributed by atoms with Crippen molar-refractivity contribution in [3.05, 3.63) is 71.0 Å². The van der Waals surface area contributed by atoms with E-state index in [1.807, 2.05) is 0 Å². The van der Waals surface area contributed by atoms with Crippen molar-refractivity contribution in [3.8, 4) is 23.0 Å². The van der Waals surface area contributed by atoms with Crippen molar-refractivity contribution in [2.75, 3.05) is 28.4 Å². The van der Waals surface area contributed by atoms with Gasteiger partial charge in [-0.15, -0.1) is 0 Å². The van der Waals surface area contributed by atoms with Crippen molar-refractivity contribution < 1.29 is 33.6 Å². The maximum absolute atomic E-state index is 13.0. The van der Waals surface area contributed by atoms with Gasteiger partial charge in [-0.1, -0.05) is 24.3 Å². The molecule has 3 rings (SSSR count). The molecule has 0 heterocycles. The minimum absolute atomic E-state index is 0.0322. The molecular formula is C28H30O7. The number of allylic oxidation sites excluding steroid dienone is 3. The van der Waals surface area contributed by atoms with Gasteiger partial charge >= 0.3 is 0 Å². The third-order valence-electron chi connectivity index (χ3n) is 5.67. The lowest BCUT2D eigenvalue weighted by Crippen LogP contribution is -2.10. The highest BCUT2D eigenvalue weighted by Crippen LogP contribution is 2.33. The molecule has 2 aromatic carbocycles. The number of carbonyl (C=O) groups is 2. The lowest BCUT2D eigenvalue weighted by atomic mass is 9.99. The second kappa shape index (κ2) is 11.9. The molecule has 1 N–H and O–H groups in total. The van der Waals surface area contributed by atoms with E-state index in [0.29, 0.717) is 28.6 Å². The molecule has 0 amide bonds. The van der Waals surface area contributed by atoms with E-state index in [1.54, 1.807) is 62.8 Å². The Hall–Kier alpha value is -4.00. The largest absolute Gasteiger partial charge is 0.508 e. The van der Waals surface area contributed by atoms with E-state index in [-0.39, 0.29) is 29.5 Å². The minimum atomic E-state index is -0.441. The zero-order chi connectivity index (χ0) is 25.4. The number of ketones is 2. The molecule has 7 heteroatoms. The Labute approximate surface area is 205 Å². The maximum atomic E-state index is 13.0. The van der Waals surface area contributed by atoms with Crippen LogP contribution in [-0.2, 0) is 9.59 Å². The number of hydrogen-bond donors (Lipinski definition) is 1. The number of methoxy groups -OCH3 is 4. The summed E-state index contributed by atoms with van der Waals surface area (Å²) in [4.78, 5) is 25.5. The van der Waals surface area contributed by atoms with Gasteiger partial charge in [0.05, 0.1) is 28.4 Å². The van der Waals surface area contributed by atoms with E-state index in [2.05, 4.69) is 0 Å². The fourth-order valence-corrected chi connectivity index (χ4v) is 3.49. The Morgan fingerprint density at radius 2 is 1.29 bits per heavy atom. The smallest absolute Gasteiger partial charge is 0.185 e. The van der Waals surface area contributed by atoms with Crippen LogP contribution in [0.25, 0.3) is 12.2 Å². The zero-order valence-corrected chi connectivity index (χ0v) is 20.4. The highest BCUT2D eigenvalue weighted by molar-refractivity contribution is 6.10. The molecule has 0 aliphatic heterocycles. The molecule has 1 aliphatic rings. The van der Waals surface area contributed by atoms with Crippen LogP contribution in [-0.4, -0.2) is 45.1 Å². The molecule has 2 aromatic rings. The van der Waals surface area contributed by atoms with E-state index in [9.17, 15) is 14.7 Å². The second-order valence-corrected chi connectivity index (χ2v) is 8.04. The number of ether oxygens (including phenoxy) is 4. The van der Waals surface area contributed by atoms with Crippen LogP contribution >= 0.6 is 0 Å². The predicted molar refractivity (Wildman–Crippen MR) is 134 cm³/mol. The van der Waals surface area contributed by atoms with E-state index in [4.69, 9.17) is 18.9 Å². The van der Waals surface area contributed by atoms with Gasteiger partial charge in [-0.3, -0.25) is 9.59 Å². The number of Topliss-reactive ketones (excluding diaryl/α,β-unsaturated/α-hetero) is 1. The Balaban J connectivity index is 1.87. The fourth-order valence-electron chi connectivity index (χ4n) is 3.49. The molecule has 0 bridgehead atoms. The van der Waals surface area contributed by atoms with Crippen LogP contribution in [0.2, 0.25) is 0 Å². The SMILES string of the molecule is COc1ccc(/C=C/C(=O)C(CC(=O)C2CC2)=C(O)/C=C/c2ccc(OC)c(OC)c2)cc1OC. The van der Waals surface area contributed by atoms with Gasteiger partial charge in [0.2, 0.25) is 0 Å². The van der Waals surface area contributed by atoms with Crippen LogP contribution in [0, 0.1) is 5.92 Å². The third kappa shape index (κ3) is 6.76. The van der Waals surface area contributed by atoms with Gasteiger partial charge in [-0.05, 0) is 60.4 Å². The molecule has 35 heavy (non-hydrogen) atoms. The Morgan fingerprint density at radius 3 is 1.74 bits per heavy atom. The molecule has 0 aromatic heterocycles. The predicted octanol–water partition coefficient (Wildman–Crippen LogP) is 5.20. The summed E-state index contributed by atoms with van der Waals surface area (Å²) in [6.45, 7) is 0. The van der Waals surface area contributed by atoms with Crippen molar-refractivity contribution in [1.29, 1.82) is 0 Å². The summed E-state index contributed by atoms with van der Waals surface area (Å²) in [6.07, 6.45) is 7.54. The highest BCUT2D eigenvalue weighted by atomic mass is 16.5. The number of benzene rings is 2. The number of aliphatic hydroxyl groups is 1. The van der Waals surface area contributed by atoms with Gasteiger partial charge < -0.3 is 24.1 Å². The van der Waals surface area contributed by atoms with Crippen LogP contribution in [0.15, 0.2) is 59.9 Å². The first-order chi connectivity index (χ1) is 16.9. The van der Waals surface area contributed by atoms with Gasteiger partial charge in [0.25, 0.3) is 0 Å². The van der Waals surface area contributed by atoms with Crippen molar-refractivity contribution in [3.63, 3.8) is 0 Å². The number of carbonyl (C=O) groups excluding carboxylic acids is 2. The average Bonchev–Trinajstić information content (AvgIpc) is 3.74. The third-order valence-corrected chi connectivity index (χ3v) is 5.67.